The van der Waals surface area contributed by atoms with Crippen LogP contribution in [0.3, 0.4) is 0 Å². The lowest BCUT2D eigenvalue weighted by atomic mass is 9.92. The van der Waals surface area contributed by atoms with E-state index in [2.05, 4.69) is 15.3 Å². The molecule has 170 valence electrons. The number of hydrogen-bond donors (Lipinski definition) is 2. The second-order valence-corrected chi connectivity index (χ2v) is 7.92. The highest BCUT2D eigenvalue weighted by molar-refractivity contribution is 5.88. The fourth-order valence-electron chi connectivity index (χ4n) is 4.13. The van der Waals surface area contributed by atoms with Crippen LogP contribution in [0, 0.1) is 5.82 Å². The molecule has 1 fully saturated rings. The van der Waals surface area contributed by atoms with Crippen molar-refractivity contribution in [1.82, 2.24) is 15.3 Å². The van der Waals surface area contributed by atoms with Crippen molar-refractivity contribution in [3.8, 4) is 5.75 Å². The number of benzene rings is 1. The summed E-state index contributed by atoms with van der Waals surface area (Å²) in [5.74, 6) is -0.217. The van der Waals surface area contributed by atoms with Gasteiger partial charge < -0.3 is 15.2 Å². The van der Waals surface area contributed by atoms with Crippen molar-refractivity contribution < 1.29 is 27.4 Å². The number of nitrogens with one attached hydrogen (secondary N) is 1. The summed E-state index contributed by atoms with van der Waals surface area (Å²) >= 11 is 0. The first-order valence-corrected chi connectivity index (χ1v) is 10.4. The minimum Gasteiger partial charge on any atom is -0.490 e. The van der Waals surface area contributed by atoms with E-state index >= 15 is 0 Å². The van der Waals surface area contributed by atoms with Gasteiger partial charge >= 0.3 is 6.18 Å². The minimum atomic E-state index is -4.51. The summed E-state index contributed by atoms with van der Waals surface area (Å²) in [5, 5.41) is 14.3. The predicted molar refractivity (Wildman–Crippen MR) is 110 cm³/mol. The van der Waals surface area contributed by atoms with Gasteiger partial charge in [0.15, 0.2) is 0 Å². The van der Waals surface area contributed by atoms with Crippen LogP contribution in [0.25, 0.3) is 10.8 Å². The normalized spacial score (nSPS) is 19.3. The summed E-state index contributed by atoms with van der Waals surface area (Å²) in [6.07, 6.45) is 2.51. The number of hydrogen-bond acceptors (Lipinski definition) is 5. The lowest BCUT2D eigenvalue weighted by Gasteiger charge is -2.30. The van der Waals surface area contributed by atoms with Gasteiger partial charge in [-0.2, -0.15) is 13.2 Å². The van der Waals surface area contributed by atoms with Crippen molar-refractivity contribution in [2.24, 2.45) is 0 Å². The van der Waals surface area contributed by atoms with Crippen molar-refractivity contribution >= 4 is 10.8 Å². The molecule has 32 heavy (non-hydrogen) atoms. The molecule has 0 aliphatic heterocycles. The van der Waals surface area contributed by atoms with Gasteiger partial charge in [-0.25, -0.2) is 4.39 Å². The van der Waals surface area contributed by atoms with E-state index in [0.717, 1.165) is 30.5 Å². The van der Waals surface area contributed by atoms with Gasteiger partial charge in [0.25, 0.3) is 0 Å². The molecule has 3 aromatic rings. The fourth-order valence-corrected chi connectivity index (χ4v) is 4.13. The molecule has 1 aliphatic carbocycles. The Bertz CT molecular complexity index is 1080. The number of alkyl halides is 3. The molecule has 4 rings (SSSR count). The highest BCUT2D eigenvalue weighted by Crippen LogP contribution is 2.31. The molecule has 0 bridgehead atoms. The van der Waals surface area contributed by atoms with Gasteiger partial charge in [-0.05, 0) is 54.8 Å². The maximum Gasteiger partial charge on any atom is 0.433 e. The lowest BCUT2D eigenvalue weighted by Crippen LogP contribution is -2.36. The Kier molecular flexibility index (Phi) is 6.57. The zero-order valence-corrected chi connectivity index (χ0v) is 17.2. The van der Waals surface area contributed by atoms with Crippen LogP contribution >= 0.6 is 0 Å². The number of ether oxygens (including phenoxy) is 1. The highest BCUT2D eigenvalue weighted by atomic mass is 19.4. The van der Waals surface area contributed by atoms with Crippen LogP contribution in [-0.4, -0.2) is 27.2 Å². The van der Waals surface area contributed by atoms with Gasteiger partial charge in [0.05, 0.1) is 12.7 Å². The number of aliphatic hydroxyl groups excluding tert-OH is 1. The van der Waals surface area contributed by atoms with Crippen LogP contribution in [0.2, 0.25) is 0 Å². The molecule has 1 aromatic carbocycles. The average Bonchev–Trinajstić information content (AvgIpc) is 2.78. The summed E-state index contributed by atoms with van der Waals surface area (Å²) in [5.41, 5.74) is 0.0493. The Morgan fingerprint density at radius 1 is 1.06 bits per heavy atom. The lowest BCUT2D eigenvalue weighted by molar-refractivity contribution is -0.141. The molecule has 2 N–H and O–H groups in total. The van der Waals surface area contributed by atoms with E-state index < -0.39 is 11.9 Å². The van der Waals surface area contributed by atoms with E-state index in [1.807, 2.05) is 0 Å². The third-order valence-corrected chi connectivity index (χ3v) is 5.82. The third kappa shape index (κ3) is 4.99. The molecular weight excluding hydrogens is 426 g/mol. The summed E-state index contributed by atoms with van der Waals surface area (Å²) in [7, 11) is 0. The average molecular weight is 449 g/mol. The third-order valence-electron chi connectivity index (χ3n) is 5.82. The fraction of sp³-hybridized carbons (Fsp3) is 0.391. The molecule has 2 aromatic heterocycles. The smallest absolute Gasteiger partial charge is 0.433 e. The first-order valence-electron chi connectivity index (χ1n) is 10.4. The molecule has 0 spiro atoms. The zero-order chi connectivity index (χ0) is 22.7. The topological polar surface area (TPSA) is 67.3 Å². The van der Waals surface area contributed by atoms with E-state index in [4.69, 9.17) is 4.74 Å². The first kappa shape index (κ1) is 22.4. The van der Waals surface area contributed by atoms with Crippen molar-refractivity contribution in [2.45, 2.75) is 57.2 Å². The van der Waals surface area contributed by atoms with Crippen molar-refractivity contribution in [3.05, 3.63) is 65.5 Å². The van der Waals surface area contributed by atoms with E-state index in [-0.39, 0.29) is 30.3 Å². The molecule has 0 unspecified atom stereocenters. The van der Waals surface area contributed by atoms with Crippen LogP contribution in [0.4, 0.5) is 17.6 Å². The van der Waals surface area contributed by atoms with Gasteiger partial charge in [-0.15, -0.1) is 0 Å². The van der Waals surface area contributed by atoms with Gasteiger partial charge in [-0.1, -0.05) is 0 Å². The maximum atomic E-state index is 14.7. The molecule has 1 aliphatic rings. The van der Waals surface area contributed by atoms with Crippen molar-refractivity contribution in [2.75, 3.05) is 0 Å². The second kappa shape index (κ2) is 9.38. The standard InChI is InChI=1S/C23H23F4N3O2/c24-21-9-14(13-31)19-11-28-7-6-18(19)20(21)12-30-15-1-3-16(4-2-15)32-17-5-8-29-22(10-17)23(25,26)27/h5-11,15-16,30-31H,1-4,12-13H2. The molecule has 5 nitrogen and oxygen atoms in total. The summed E-state index contributed by atoms with van der Waals surface area (Å²) in [4.78, 5) is 7.41. The number of nitrogens with zero attached hydrogens (tertiary/aromatic N) is 2. The number of halogens is 4. The van der Waals surface area contributed by atoms with Crippen LogP contribution < -0.4 is 10.1 Å². The van der Waals surface area contributed by atoms with Gasteiger partial charge in [0, 0.05) is 48.2 Å². The number of rotatable bonds is 6. The Labute approximate surface area is 182 Å². The molecule has 0 radical (unpaired) electrons. The highest BCUT2D eigenvalue weighted by Gasteiger charge is 2.33. The summed E-state index contributed by atoms with van der Waals surface area (Å²) < 4.78 is 58.9. The largest absolute Gasteiger partial charge is 0.490 e. The predicted octanol–water partition coefficient (Wildman–Crippen LogP) is 4.76. The molecular formula is C23H23F4N3O2. The number of aliphatic hydroxyl groups is 1. The monoisotopic (exact) mass is 449 g/mol. The Morgan fingerprint density at radius 2 is 1.84 bits per heavy atom. The van der Waals surface area contributed by atoms with Crippen molar-refractivity contribution in [1.29, 1.82) is 0 Å². The SMILES string of the molecule is OCc1cc(F)c(CNC2CCC(Oc3ccnc(C(F)(F)F)c3)CC2)c2ccncc12. The zero-order valence-electron chi connectivity index (χ0n) is 17.2. The Balaban J connectivity index is 1.35. The molecule has 9 heteroatoms. The first-order chi connectivity index (χ1) is 15.3. The number of aromatic nitrogens is 2. The van der Waals surface area contributed by atoms with Crippen molar-refractivity contribution in [3.63, 3.8) is 0 Å². The van der Waals surface area contributed by atoms with Crippen LogP contribution in [0.15, 0.2) is 42.9 Å². The number of fused-ring (bicyclic) bond motifs is 1. The molecule has 0 saturated heterocycles. The number of pyridine rings is 2. The molecule has 1 saturated carbocycles. The minimum absolute atomic E-state index is 0.145. The summed E-state index contributed by atoms with van der Waals surface area (Å²) in [6, 6.07) is 5.58. The van der Waals surface area contributed by atoms with Crippen LogP contribution in [-0.2, 0) is 19.3 Å². The molecule has 2 heterocycles. The Hall–Kier alpha value is -2.78. The Morgan fingerprint density at radius 3 is 2.56 bits per heavy atom. The van der Waals surface area contributed by atoms with E-state index in [1.54, 1.807) is 18.5 Å². The van der Waals surface area contributed by atoms with Gasteiger partial charge in [0.1, 0.15) is 17.3 Å². The van der Waals surface area contributed by atoms with E-state index in [1.165, 1.54) is 12.1 Å². The molecule has 0 atom stereocenters. The van der Waals surface area contributed by atoms with Gasteiger partial charge in [-0.3, -0.25) is 9.97 Å². The van der Waals surface area contributed by atoms with E-state index in [9.17, 15) is 22.7 Å². The van der Waals surface area contributed by atoms with E-state index in [0.29, 0.717) is 35.9 Å². The molecule has 0 amide bonds. The quantitative estimate of drug-likeness (QED) is 0.531. The maximum absolute atomic E-state index is 14.7. The second-order valence-electron chi connectivity index (χ2n) is 7.92. The van der Waals surface area contributed by atoms with Crippen LogP contribution in [0.5, 0.6) is 5.75 Å². The van der Waals surface area contributed by atoms with Gasteiger partial charge in [0.2, 0.25) is 0 Å². The summed E-state index contributed by atoms with van der Waals surface area (Å²) in [6.45, 7) is 0.0618. The van der Waals surface area contributed by atoms with Crippen LogP contribution in [0.1, 0.15) is 42.5 Å².